The lowest BCUT2D eigenvalue weighted by Gasteiger charge is -2.25. The zero-order valence-corrected chi connectivity index (χ0v) is 12.9. The molecule has 0 spiro atoms. The maximum atomic E-state index is 12.6. The summed E-state index contributed by atoms with van der Waals surface area (Å²) in [5.41, 5.74) is 3.65. The number of carbonyl (C=O) groups is 1. The van der Waals surface area contributed by atoms with Crippen LogP contribution in [-0.4, -0.2) is 22.2 Å². The molecular weight excluding hydrogens is 288 g/mol. The van der Waals surface area contributed by atoms with Gasteiger partial charge in [-0.15, -0.1) is 0 Å². The van der Waals surface area contributed by atoms with E-state index in [0.717, 1.165) is 23.4 Å². The van der Waals surface area contributed by atoms with Crippen LogP contribution >= 0.6 is 11.6 Å². The summed E-state index contributed by atoms with van der Waals surface area (Å²) in [6.07, 6.45) is 0.585. The lowest BCUT2D eigenvalue weighted by molar-refractivity contribution is -0.131. The zero-order valence-electron chi connectivity index (χ0n) is 12.1. The molecule has 0 aliphatic carbocycles. The van der Waals surface area contributed by atoms with Crippen molar-refractivity contribution >= 4 is 17.4 Å². The summed E-state index contributed by atoms with van der Waals surface area (Å²) in [7, 11) is 1.80. The Morgan fingerprint density at radius 3 is 2.95 bits per heavy atom. The van der Waals surface area contributed by atoms with Crippen LogP contribution in [0.1, 0.15) is 28.6 Å². The lowest BCUT2D eigenvalue weighted by atomic mass is 9.93. The molecule has 3 rings (SSSR count). The third kappa shape index (κ3) is 2.61. The molecule has 0 N–H and O–H groups in total. The SMILES string of the molecule is Cc1nn(C)c(CC(=O)C2OCCc3ccccc32)c1Cl. The number of Topliss-reactive ketones (excluding diaryl/α,β-unsaturated/α-hetero) is 1. The van der Waals surface area contributed by atoms with Gasteiger partial charge in [-0.2, -0.15) is 5.10 Å². The Balaban J connectivity index is 1.87. The normalized spacial score (nSPS) is 17.6. The largest absolute Gasteiger partial charge is 0.365 e. The number of carbonyl (C=O) groups excluding carboxylic acids is 1. The zero-order chi connectivity index (χ0) is 15.0. The van der Waals surface area contributed by atoms with E-state index in [-0.39, 0.29) is 12.2 Å². The van der Waals surface area contributed by atoms with E-state index in [2.05, 4.69) is 11.2 Å². The van der Waals surface area contributed by atoms with E-state index in [0.29, 0.717) is 11.6 Å². The average molecular weight is 305 g/mol. The molecule has 4 nitrogen and oxygen atoms in total. The van der Waals surface area contributed by atoms with Gasteiger partial charge in [0, 0.05) is 7.05 Å². The van der Waals surface area contributed by atoms with E-state index in [4.69, 9.17) is 16.3 Å². The van der Waals surface area contributed by atoms with E-state index >= 15 is 0 Å². The highest BCUT2D eigenvalue weighted by Crippen LogP contribution is 2.30. The van der Waals surface area contributed by atoms with Crippen LogP contribution in [0.4, 0.5) is 0 Å². The predicted molar refractivity (Wildman–Crippen MR) is 80.5 cm³/mol. The second kappa shape index (κ2) is 5.62. The number of ether oxygens (including phenoxy) is 1. The van der Waals surface area contributed by atoms with Crippen LogP contribution in [0.2, 0.25) is 5.02 Å². The molecule has 5 heteroatoms. The molecule has 1 aliphatic heterocycles. The molecule has 0 radical (unpaired) electrons. The highest BCUT2D eigenvalue weighted by molar-refractivity contribution is 6.32. The first-order valence-electron chi connectivity index (χ1n) is 6.98. The van der Waals surface area contributed by atoms with E-state index in [1.54, 1.807) is 11.7 Å². The molecule has 1 aromatic heterocycles. The number of fused-ring (bicyclic) bond motifs is 1. The molecule has 0 fully saturated rings. The quantitative estimate of drug-likeness (QED) is 0.876. The topological polar surface area (TPSA) is 44.1 Å². The molecule has 2 heterocycles. The van der Waals surface area contributed by atoms with Gasteiger partial charge in [-0.3, -0.25) is 9.48 Å². The number of halogens is 1. The fraction of sp³-hybridized carbons (Fsp3) is 0.375. The van der Waals surface area contributed by atoms with Gasteiger partial charge in [0.15, 0.2) is 5.78 Å². The van der Waals surface area contributed by atoms with Crippen molar-refractivity contribution in [1.29, 1.82) is 0 Å². The van der Waals surface area contributed by atoms with Gasteiger partial charge in [-0.05, 0) is 24.5 Å². The maximum absolute atomic E-state index is 12.6. The maximum Gasteiger partial charge on any atom is 0.172 e. The number of ketones is 1. The Morgan fingerprint density at radius 1 is 1.48 bits per heavy atom. The standard InChI is InChI=1S/C16H17ClN2O2/c1-10-15(17)13(19(2)18-10)9-14(20)16-12-6-4-3-5-11(12)7-8-21-16/h3-6,16H,7-9H2,1-2H3. The van der Waals surface area contributed by atoms with Crippen molar-refractivity contribution in [2.75, 3.05) is 6.61 Å². The van der Waals surface area contributed by atoms with E-state index in [1.807, 2.05) is 25.1 Å². The van der Waals surface area contributed by atoms with Gasteiger partial charge in [-0.1, -0.05) is 35.9 Å². The van der Waals surface area contributed by atoms with Crippen molar-refractivity contribution in [3.63, 3.8) is 0 Å². The second-order valence-electron chi connectivity index (χ2n) is 5.31. The van der Waals surface area contributed by atoms with Crippen LogP contribution in [-0.2, 0) is 29.4 Å². The van der Waals surface area contributed by atoms with Gasteiger partial charge in [0.1, 0.15) is 6.10 Å². The van der Waals surface area contributed by atoms with E-state index < -0.39 is 6.10 Å². The van der Waals surface area contributed by atoms with Crippen molar-refractivity contribution in [2.45, 2.75) is 25.9 Å². The monoisotopic (exact) mass is 304 g/mol. The molecule has 0 saturated carbocycles. The molecule has 21 heavy (non-hydrogen) atoms. The van der Waals surface area contributed by atoms with Crippen LogP contribution in [0.25, 0.3) is 0 Å². The van der Waals surface area contributed by atoms with Crippen LogP contribution < -0.4 is 0 Å². The Kier molecular flexibility index (Phi) is 3.83. The minimum absolute atomic E-state index is 0.0204. The fourth-order valence-corrected chi connectivity index (χ4v) is 3.02. The van der Waals surface area contributed by atoms with Gasteiger partial charge in [0.25, 0.3) is 0 Å². The van der Waals surface area contributed by atoms with Crippen LogP contribution in [0.5, 0.6) is 0 Å². The number of hydrogen-bond acceptors (Lipinski definition) is 3. The van der Waals surface area contributed by atoms with Gasteiger partial charge < -0.3 is 4.74 Å². The Hall–Kier alpha value is -1.65. The number of rotatable bonds is 3. The molecule has 1 unspecified atom stereocenters. The Morgan fingerprint density at radius 2 is 2.24 bits per heavy atom. The molecule has 1 atom stereocenters. The highest BCUT2D eigenvalue weighted by Gasteiger charge is 2.28. The van der Waals surface area contributed by atoms with Gasteiger partial charge >= 0.3 is 0 Å². The van der Waals surface area contributed by atoms with Crippen molar-refractivity contribution in [3.05, 3.63) is 51.8 Å². The van der Waals surface area contributed by atoms with Crippen LogP contribution in [0.3, 0.4) is 0 Å². The number of nitrogens with zero attached hydrogens (tertiary/aromatic N) is 2. The van der Waals surface area contributed by atoms with Crippen molar-refractivity contribution in [2.24, 2.45) is 7.05 Å². The summed E-state index contributed by atoms with van der Waals surface area (Å²) in [5.74, 6) is 0.0204. The molecule has 2 aromatic rings. The predicted octanol–water partition coefficient (Wildman–Crippen LogP) is 2.81. The summed E-state index contributed by atoms with van der Waals surface area (Å²) in [6, 6.07) is 7.95. The van der Waals surface area contributed by atoms with Crippen molar-refractivity contribution in [1.82, 2.24) is 9.78 Å². The summed E-state index contributed by atoms with van der Waals surface area (Å²) < 4.78 is 7.37. The first kappa shape index (κ1) is 14.3. The summed E-state index contributed by atoms with van der Waals surface area (Å²) in [4.78, 5) is 12.6. The minimum atomic E-state index is -0.499. The average Bonchev–Trinajstić information content (AvgIpc) is 2.73. The Labute approximate surface area is 128 Å². The number of aryl methyl sites for hydroxylation is 2. The molecule has 0 bridgehead atoms. The first-order chi connectivity index (χ1) is 10.1. The third-order valence-corrected chi connectivity index (χ3v) is 4.38. The first-order valence-corrected chi connectivity index (χ1v) is 7.36. The fourth-order valence-electron chi connectivity index (χ4n) is 2.79. The van der Waals surface area contributed by atoms with Crippen LogP contribution in [0, 0.1) is 6.92 Å². The summed E-state index contributed by atoms with van der Waals surface area (Å²) in [5, 5.41) is 4.81. The van der Waals surface area contributed by atoms with Gasteiger partial charge in [-0.25, -0.2) is 0 Å². The molecule has 1 aliphatic rings. The van der Waals surface area contributed by atoms with Crippen molar-refractivity contribution < 1.29 is 9.53 Å². The molecular formula is C16H17ClN2O2. The molecule has 1 aromatic carbocycles. The molecule has 110 valence electrons. The minimum Gasteiger partial charge on any atom is -0.365 e. The van der Waals surface area contributed by atoms with Gasteiger partial charge in [0.05, 0.1) is 29.4 Å². The van der Waals surface area contributed by atoms with E-state index in [1.165, 1.54) is 5.56 Å². The van der Waals surface area contributed by atoms with E-state index in [9.17, 15) is 4.79 Å². The summed E-state index contributed by atoms with van der Waals surface area (Å²) in [6.45, 7) is 2.41. The summed E-state index contributed by atoms with van der Waals surface area (Å²) >= 11 is 6.22. The van der Waals surface area contributed by atoms with Crippen molar-refractivity contribution in [3.8, 4) is 0 Å². The highest BCUT2D eigenvalue weighted by atomic mass is 35.5. The number of aromatic nitrogens is 2. The Bertz CT molecular complexity index is 694. The van der Waals surface area contributed by atoms with Gasteiger partial charge in [0.2, 0.25) is 0 Å². The smallest absolute Gasteiger partial charge is 0.172 e. The number of hydrogen-bond donors (Lipinski definition) is 0. The number of benzene rings is 1. The third-order valence-electron chi connectivity index (χ3n) is 3.89. The molecule has 0 amide bonds. The second-order valence-corrected chi connectivity index (χ2v) is 5.69. The van der Waals surface area contributed by atoms with Crippen LogP contribution in [0.15, 0.2) is 24.3 Å². The lowest BCUT2D eigenvalue weighted by Crippen LogP contribution is -2.25. The molecule has 0 saturated heterocycles.